The summed E-state index contributed by atoms with van der Waals surface area (Å²) in [6.07, 6.45) is -5.14. The van der Waals surface area contributed by atoms with E-state index in [9.17, 15) is 27.2 Å². The van der Waals surface area contributed by atoms with Crippen LogP contribution in [0.4, 0.5) is 23.2 Å². The van der Waals surface area contributed by atoms with Gasteiger partial charge in [0.1, 0.15) is 11.6 Å². The lowest BCUT2D eigenvalue weighted by Crippen LogP contribution is -2.29. The molecule has 0 radical (unpaired) electrons. The van der Waals surface area contributed by atoms with Crippen molar-refractivity contribution in [2.24, 2.45) is 11.7 Å². The maximum atomic E-state index is 13.7. The van der Waals surface area contributed by atoms with E-state index in [4.69, 9.17) is 5.73 Å². The number of amides is 2. The Morgan fingerprint density at radius 2 is 2.05 bits per heavy atom. The van der Waals surface area contributed by atoms with Gasteiger partial charge in [0.05, 0.1) is 11.6 Å². The second-order valence-electron chi connectivity index (χ2n) is 4.47. The first kappa shape index (κ1) is 15.1. The smallest absolute Gasteiger partial charge is 0.406 e. The van der Waals surface area contributed by atoms with Gasteiger partial charge in [0.25, 0.3) is 0 Å². The number of halogens is 4. The molecule has 114 valence electrons. The molecule has 1 aromatic carbocycles. The van der Waals surface area contributed by atoms with Crippen molar-refractivity contribution in [2.75, 3.05) is 11.4 Å². The fourth-order valence-electron chi connectivity index (χ4n) is 2.03. The third kappa shape index (κ3) is 3.41. The van der Waals surface area contributed by atoms with Gasteiger partial charge in [-0.15, -0.1) is 13.2 Å². The van der Waals surface area contributed by atoms with Gasteiger partial charge in [-0.25, -0.2) is 4.39 Å². The van der Waals surface area contributed by atoms with Crippen LogP contribution in [0.25, 0.3) is 0 Å². The SMILES string of the molecule is NC(=O)C1CC(=O)N(c2cc(OC(F)(F)F)ccc2F)C1. The number of rotatable bonds is 3. The standard InChI is InChI=1S/C12H10F4N2O3/c13-8-2-1-7(21-12(14,15)16)4-9(8)18-5-6(11(17)20)3-10(18)19/h1-2,4,6H,3,5H2,(H2,17,20). The fourth-order valence-corrected chi connectivity index (χ4v) is 2.03. The highest BCUT2D eigenvalue weighted by atomic mass is 19.4. The Kier molecular flexibility index (Phi) is 3.75. The predicted molar refractivity (Wildman–Crippen MR) is 62.7 cm³/mol. The normalized spacial score (nSPS) is 19.0. The van der Waals surface area contributed by atoms with Crippen molar-refractivity contribution < 1.29 is 31.9 Å². The van der Waals surface area contributed by atoms with Crippen LogP contribution in [0.3, 0.4) is 0 Å². The van der Waals surface area contributed by atoms with Gasteiger partial charge >= 0.3 is 6.36 Å². The lowest BCUT2D eigenvalue weighted by atomic mass is 10.1. The molecule has 0 aromatic heterocycles. The highest BCUT2D eigenvalue weighted by molar-refractivity contribution is 6.00. The van der Waals surface area contributed by atoms with E-state index >= 15 is 0 Å². The van der Waals surface area contributed by atoms with Crippen LogP contribution in [0.1, 0.15) is 6.42 Å². The lowest BCUT2D eigenvalue weighted by Gasteiger charge is -2.18. The molecule has 0 saturated carbocycles. The number of primary amides is 1. The Morgan fingerprint density at radius 1 is 1.38 bits per heavy atom. The molecule has 1 heterocycles. The maximum Gasteiger partial charge on any atom is 0.573 e. The Labute approximate surface area is 116 Å². The summed E-state index contributed by atoms with van der Waals surface area (Å²) in [7, 11) is 0. The minimum atomic E-state index is -4.93. The molecule has 2 amide bonds. The van der Waals surface area contributed by atoms with E-state index in [2.05, 4.69) is 4.74 Å². The highest BCUT2D eigenvalue weighted by Gasteiger charge is 2.36. The third-order valence-corrected chi connectivity index (χ3v) is 2.97. The lowest BCUT2D eigenvalue weighted by molar-refractivity contribution is -0.274. The van der Waals surface area contributed by atoms with E-state index in [0.29, 0.717) is 0 Å². The maximum absolute atomic E-state index is 13.7. The average Bonchev–Trinajstić information content (AvgIpc) is 2.72. The van der Waals surface area contributed by atoms with Crippen molar-refractivity contribution in [2.45, 2.75) is 12.8 Å². The van der Waals surface area contributed by atoms with E-state index in [1.807, 2.05) is 0 Å². The Balaban J connectivity index is 2.29. The quantitative estimate of drug-likeness (QED) is 0.861. The minimum absolute atomic E-state index is 0.180. The van der Waals surface area contributed by atoms with Crippen molar-refractivity contribution in [3.8, 4) is 5.75 Å². The highest BCUT2D eigenvalue weighted by Crippen LogP contribution is 2.32. The number of carbonyl (C=O) groups excluding carboxylic acids is 2. The fraction of sp³-hybridized carbons (Fsp3) is 0.333. The van der Waals surface area contributed by atoms with Crippen LogP contribution >= 0.6 is 0 Å². The van der Waals surface area contributed by atoms with E-state index < -0.39 is 35.7 Å². The molecule has 0 spiro atoms. The van der Waals surface area contributed by atoms with Crippen molar-refractivity contribution in [3.05, 3.63) is 24.0 Å². The van der Waals surface area contributed by atoms with Crippen LogP contribution < -0.4 is 15.4 Å². The zero-order valence-corrected chi connectivity index (χ0v) is 10.5. The number of hydrogen-bond donors (Lipinski definition) is 1. The number of nitrogens with two attached hydrogens (primary N) is 1. The van der Waals surface area contributed by atoms with Gasteiger partial charge in [0, 0.05) is 19.0 Å². The molecule has 1 unspecified atom stereocenters. The molecule has 5 nitrogen and oxygen atoms in total. The van der Waals surface area contributed by atoms with Gasteiger partial charge in [0.15, 0.2) is 0 Å². The Bertz CT molecular complexity index is 588. The first-order chi connectivity index (χ1) is 9.67. The molecule has 0 bridgehead atoms. The van der Waals surface area contributed by atoms with Crippen molar-refractivity contribution in [3.63, 3.8) is 0 Å². The van der Waals surface area contributed by atoms with Gasteiger partial charge in [-0.2, -0.15) is 0 Å². The number of alkyl halides is 3. The van der Waals surface area contributed by atoms with Crippen LogP contribution in [0.5, 0.6) is 5.75 Å². The van der Waals surface area contributed by atoms with Gasteiger partial charge in [-0.05, 0) is 12.1 Å². The van der Waals surface area contributed by atoms with Crippen LogP contribution in [-0.4, -0.2) is 24.7 Å². The summed E-state index contributed by atoms with van der Waals surface area (Å²) >= 11 is 0. The number of nitrogens with zero attached hydrogens (tertiary/aromatic N) is 1. The summed E-state index contributed by atoms with van der Waals surface area (Å²) < 4.78 is 53.8. The Morgan fingerprint density at radius 3 is 2.57 bits per heavy atom. The topological polar surface area (TPSA) is 72.6 Å². The molecular weight excluding hydrogens is 296 g/mol. The molecule has 1 aromatic rings. The number of benzene rings is 1. The molecule has 1 atom stereocenters. The molecule has 21 heavy (non-hydrogen) atoms. The predicted octanol–water partition coefficient (Wildman–Crippen LogP) is 1.56. The molecule has 1 saturated heterocycles. The number of carbonyl (C=O) groups is 2. The summed E-state index contributed by atoms with van der Waals surface area (Å²) in [6, 6.07) is 2.30. The summed E-state index contributed by atoms with van der Waals surface area (Å²) in [5.74, 6) is -3.68. The second kappa shape index (κ2) is 5.23. The number of anilines is 1. The first-order valence-corrected chi connectivity index (χ1v) is 5.82. The van der Waals surface area contributed by atoms with Crippen molar-refractivity contribution in [1.82, 2.24) is 0 Å². The van der Waals surface area contributed by atoms with Crippen molar-refractivity contribution >= 4 is 17.5 Å². The molecular formula is C12H10F4N2O3. The van der Waals surface area contributed by atoms with Gasteiger partial charge in [-0.3, -0.25) is 9.59 Å². The molecule has 2 N–H and O–H groups in total. The second-order valence-corrected chi connectivity index (χ2v) is 4.47. The monoisotopic (exact) mass is 306 g/mol. The molecule has 9 heteroatoms. The van der Waals surface area contributed by atoms with Gasteiger partial charge < -0.3 is 15.4 Å². The molecule has 1 aliphatic rings. The first-order valence-electron chi connectivity index (χ1n) is 5.82. The zero-order chi connectivity index (χ0) is 15.8. The molecule has 2 rings (SSSR count). The van der Waals surface area contributed by atoms with E-state index in [0.717, 1.165) is 23.1 Å². The van der Waals surface area contributed by atoms with Crippen molar-refractivity contribution in [1.29, 1.82) is 0 Å². The third-order valence-electron chi connectivity index (χ3n) is 2.97. The summed E-state index contributed by atoms with van der Waals surface area (Å²) in [4.78, 5) is 23.6. The number of hydrogen-bond acceptors (Lipinski definition) is 3. The van der Waals surface area contributed by atoms with Crippen LogP contribution in [0.2, 0.25) is 0 Å². The van der Waals surface area contributed by atoms with Crippen LogP contribution in [0.15, 0.2) is 18.2 Å². The van der Waals surface area contributed by atoms with Crippen LogP contribution in [0, 0.1) is 11.7 Å². The summed E-state index contributed by atoms with van der Waals surface area (Å²) in [6.45, 7) is -0.180. The molecule has 1 aliphatic heterocycles. The van der Waals surface area contributed by atoms with E-state index in [1.54, 1.807) is 0 Å². The van der Waals surface area contributed by atoms with E-state index in [1.165, 1.54) is 0 Å². The zero-order valence-electron chi connectivity index (χ0n) is 10.5. The van der Waals surface area contributed by atoms with Gasteiger partial charge in [-0.1, -0.05) is 0 Å². The molecule has 1 fully saturated rings. The largest absolute Gasteiger partial charge is 0.573 e. The summed E-state index contributed by atoms with van der Waals surface area (Å²) in [5.41, 5.74) is 4.68. The minimum Gasteiger partial charge on any atom is -0.406 e. The molecule has 0 aliphatic carbocycles. The summed E-state index contributed by atoms with van der Waals surface area (Å²) in [5, 5.41) is 0. The van der Waals surface area contributed by atoms with Gasteiger partial charge in [0.2, 0.25) is 11.8 Å². The van der Waals surface area contributed by atoms with Crippen LogP contribution in [-0.2, 0) is 9.59 Å². The average molecular weight is 306 g/mol. The number of ether oxygens (including phenoxy) is 1. The Hall–Kier alpha value is -2.32. The van der Waals surface area contributed by atoms with E-state index in [-0.39, 0.29) is 18.7 Å².